The Morgan fingerprint density at radius 2 is 1.00 bits per heavy atom. The first-order valence-corrected chi connectivity index (χ1v) is 5.52. The lowest BCUT2D eigenvalue weighted by Crippen LogP contribution is -2.28. The number of hydrogen-bond acceptors (Lipinski definition) is 2. The summed E-state index contributed by atoms with van der Waals surface area (Å²) in [6, 6.07) is 0. The van der Waals surface area contributed by atoms with E-state index in [-0.39, 0.29) is 12.8 Å². The summed E-state index contributed by atoms with van der Waals surface area (Å²) in [6.07, 6.45) is -0.353. The smallest absolute Gasteiger partial charge is 0.257 e. The largest absolute Gasteiger partial charge is 0.278 e. The Labute approximate surface area is 111 Å². The lowest BCUT2D eigenvalue weighted by Gasteiger charge is -2.19. The zero-order chi connectivity index (χ0) is 11.6. The molecule has 0 amide bonds. The zero-order valence-corrected chi connectivity index (χ0v) is 11.0. The first kappa shape index (κ1) is 15.1. The zero-order valence-electron chi connectivity index (χ0n) is 6.50. The van der Waals surface area contributed by atoms with Crippen molar-refractivity contribution < 1.29 is 9.59 Å². The molecule has 0 aromatic heterocycles. The molecular weight excluding hydrogens is 317 g/mol. The lowest BCUT2D eigenvalue weighted by atomic mass is 10.2. The van der Waals surface area contributed by atoms with Crippen LogP contribution in [0, 0.1) is 0 Å². The number of alkyl halides is 4. The van der Waals surface area contributed by atoms with E-state index in [9.17, 15) is 9.59 Å². The van der Waals surface area contributed by atoms with Gasteiger partial charge in [0.05, 0.1) is 0 Å². The summed E-state index contributed by atoms with van der Waals surface area (Å²) in [7, 11) is 0. The monoisotopic (exact) mass is 318 g/mol. The number of halogens is 6. The Balaban J connectivity index is 4.32. The van der Waals surface area contributed by atoms with Crippen molar-refractivity contribution in [1.82, 2.24) is 0 Å². The Bertz CT molecular complexity index is 223. The quantitative estimate of drug-likeness (QED) is 0.572. The number of rotatable bonds is 5. The van der Waals surface area contributed by atoms with Gasteiger partial charge in [-0.2, -0.15) is 0 Å². The van der Waals surface area contributed by atoms with E-state index in [1.165, 1.54) is 0 Å². The summed E-state index contributed by atoms with van der Waals surface area (Å²) in [4.78, 5) is 21.3. The van der Waals surface area contributed by atoms with Crippen LogP contribution in [0.1, 0.15) is 12.8 Å². The molecule has 0 saturated heterocycles. The van der Waals surface area contributed by atoms with Crippen molar-refractivity contribution in [2.24, 2.45) is 0 Å². The standard InChI is InChI=1S/C6H4Cl6O2/c7-3(13)5(9,10)1-2-6(11,12)4(8)14/h1-2H2. The molecule has 0 spiro atoms. The molecule has 0 aromatic rings. The molecule has 0 fully saturated rings. The van der Waals surface area contributed by atoms with Crippen molar-refractivity contribution in [2.45, 2.75) is 21.5 Å². The lowest BCUT2D eigenvalue weighted by molar-refractivity contribution is -0.114. The minimum Gasteiger partial charge on any atom is -0.278 e. The van der Waals surface area contributed by atoms with Gasteiger partial charge in [-0.3, -0.25) is 9.59 Å². The number of carbonyl (C=O) groups is 2. The van der Waals surface area contributed by atoms with Gasteiger partial charge in [0.15, 0.2) is 8.67 Å². The molecule has 82 valence electrons. The molecule has 0 saturated carbocycles. The molecule has 0 aliphatic rings. The van der Waals surface area contributed by atoms with Crippen LogP contribution in [0.25, 0.3) is 0 Å². The molecule has 2 nitrogen and oxygen atoms in total. The Morgan fingerprint density at radius 1 is 0.786 bits per heavy atom. The van der Waals surface area contributed by atoms with Crippen LogP contribution in [-0.4, -0.2) is 19.2 Å². The molecule has 0 radical (unpaired) electrons. The van der Waals surface area contributed by atoms with Crippen LogP contribution in [0.5, 0.6) is 0 Å². The van der Waals surface area contributed by atoms with Gasteiger partial charge >= 0.3 is 0 Å². The van der Waals surface area contributed by atoms with Gasteiger partial charge in [-0.1, -0.05) is 46.4 Å². The summed E-state index contributed by atoms with van der Waals surface area (Å²) >= 11 is 32.1. The maximum Gasteiger partial charge on any atom is 0.257 e. The van der Waals surface area contributed by atoms with Gasteiger partial charge in [0, 0.05) is 0 Å². The highest BCUT2D eigenvalue weighted by atomic mass is 35.5. The van der Waals surface area contributed by atoms with Crippen LogP contribution >= 0.6 is 69.6 Å². The van der Waals surface area contributed by atoms with Crippen molar-refractivity contribution >= 4 is 80.1 Å². The molecule has 0 rings (SSSR count). The molecule has 0 heterocycles. The third-order valence-electron chi connectivity index (χ3n) is 1.33. The molecule has 0 bridgehead atoms. The minimum absolute atomic E-state index is 0.177. The summed E-state index contributed by atoms with van der Waals surface area (Å²) in [5.74, 6) is 0. The van der Waals surface area contributed by atoms with E-state index < -0.39 is 19.2 Å². The van der Waals surface area contributed by atoms with Crippen LogP contribution < -0.4 is 0 Å². The van der Waals surface area contributed by atoms with E-state index in [1.54, 1.807) is 0 Å². The Kier molecular flexibility index (Phi) is 5.84. The van der Waals surface area contributed by atoms with Crippen molar-refractivity contribution in [2.75, 3.05) is 0 Å². The summed E-state index contributed by atoms with van der Waals surface area (Å²) in [5.41, 5.74) is 0. The highest BCUT2D eigenvalue weighted by Gasteiger charge is 2.39. The van der Waals surface area contributed by atoms with Gasteiger partial charge in [0.25, 0.3) is 10.5 Å². The number of carbonyl (C=O) groups excluding carboxylic acids is 2. The van der Waals surface area contributed by atoms with Gasteiger partial charge in [0.1, 0.15) is 0 Å². The average molecular weight is 321 g/mol. The second-order valence-corrected chi connectivity index (χ2v) is 6.11. The van der Waals surface area contributed by atoms with Gasteiger partial charge in [-0.25, -0.2) is 0 Å². The van der Waals surface area contributed by atoms with Crippen LogP contribution in [-0.2, 0) is 9.59 Å². The Morgan fingerprint density at radius 3 is 1.14 bits per heavy atom. The molecular formula is C6H4Cl6O2. The third-order valence-corrected chi connectivity index (χ3v) is 3.80. The summed E-state index contributed by atoms with van der Waals surface area (Å²) in [5, 5.41) is -1.93. The molecule has 8 heteroatoms. The summed E-state index contributed by atoms with van der Waals surface area (Å²) in [6.45, 7) is 0. The van der Waals surface area contributed by atoms with E-state index in [1.807, 2.05) is 0 Å². The SMILES string of the molecule is O=C(Cl)C(Cl)(Cl)CCC(Cl)(Cl)C(=O)Cl. The second kappa shape index (κ2) is 5.42. The molecule has 0 unspecified atom stereocenters. The summed E-state index contributed by atoms with van der Waals surface area (Å²) < 4.78 is -3.63. The predicted octanol–water partition coefficient (Wildman–Crippen LogP) is 3.65. The van der Waals surface area contributed by atoms with Crippen LogP contribution in [0.15, 0.2) is 0 Å². The average Bonchev–Trinajstić information content (AvgIpc) is 2.01. The van der Waals surface area contributed by atoms with Crippen LogP contribution in [0.4, 0.5) is 0 Å². The van der Waals surface area contributed by atoms with E-state index in [4.69, 9.17) is 69.6 Å². The van der Waals surface area contributed by atoms with Gasteiger partial charge in [0.2, 0.25) is 0 Å². The van der Waals surface area contributed by atoms with Crippen LogP contribution in [0.3, 0.4) is 0 Å². The highest BCUT2D eigenvalue weighted by Crippen LogP contribution is 2.37. The fourth-order valence-electron chi connectivity index (χ4n) is 0.511. The van der Waals surface area contributed by atoms with Gasteiger partial charge < -0.3 is 0 Å². The Hall–Kier alpha value is 1.08. The van der Waals surface area contributed by atoms with E-state index in [0.717, 1.165) is 0 Å². The molecule has 0 atom stereocenters. The van der Waals surface area contributed by atoms with Crippen molar-refractivity contribution in [3.8, 4) is 0 Å². The highest BCUT2D eigenvalue weighted by molar-refractivity contribution is 6.79. The molecule has 0 aliphatic heterocycles. The topological polar surface area (TPSA) is 34.1 Å². The van der Waals surface area contributed by atoms with E-state index in [0.29, 0.717) is 0 Å². The molecule has 0 aliphatic carbocycles. The van der Waals surface area contributed by atoms with Gasteiger partial charge in [-0.05, 0) is 36.0 Å². The second-order valence-electron chi connectivity index (χ2n) is 2.46. The van der Waals surface area contributed by atoms with Crippen molar-refractivity contribution in [3.05, 3.63) is 0 Å². The molecule has 0 N–H and O–H groups in total. The normalized spacial score (nSPS) is 12.7. The molecule has 14 heavy (non-hydrogen) atoms. The first-order valence-electron chi connectivity index (χ1n) is 3.25. The van der Waals surface area contributed by atoms with E-state index in [2.05, 4.69) is 0 Å². The minimum atomic E-state index is -1.82. The predicted molar refractivity (Wildman–Crippen MR) is 59.8 cm³/mol. The van der Waals surface area contributed by atoms with Crippen LogP contribution in [0.2, 0.25) is 0 Å². The number of hydrogen-bond donors (Lipinski definition) is 0. The fourth-order valence-corrected chi connectivity index (χ4v) is 1.08. The third kappa shape index (κ3) is 4.73. The first-order chi connectivity index (χ1) is 6.09. The van der Waals surface area contributed by atoms with Gasteiger partial charge in [-0.15, -0.1) is 0 Å². The van der Waals surface area contributed by atoms with E-state index >= 15 is 0 Å². The van der Waals surface area contributed by atoms with Crippen molar-refractivity contribution in [1.29, 1.82) is 0 Å². The van der Waals surface area contributed by atoms with Crippen molar-refractivity contribution in [3.63, 3.8) is 0 Å². The maximum absolute atomic E-state index is 10.6. The maximum atomic E-state index is 10.6. The molecule has 0 aromatic carbocycles. The fraction of sp³-hybridized carbons (Fsp3) is 0.667.